The highest BCUT2D eigenvalue weighted by atomic mass is 32.1. The molecule has 0 aliphatic heterocycles. The minimum atomic E-state index is -0.172. The lowest BCUT2D eigenvalue weighted by molar-refractivity contribution is 0.102. The Morgan fingerprint density at radius 2 is 1.84 bits per heavy atom. The Labute approximate surface area is 183 Å². The van der Waals surface area contributed by atoms with Gasteiger partial charge >= 0.3 is 0 Å². The summed E-state index contributed by atoms with van der Waals surface area (Å²) in [5.74, 6) is 1.59. The molecule has 5 rings (SSSR count). The Kier molecular flexibility index (Phi) is 5.03. The number of para-hydroxylation sites is 1. The number of nitrogens with zero attached hydrogens (tertiary/aromatic N) is 2. The highest BCUT2D eigenvalue weighted by Gasteiger charge is 2.27. The Hall–Kier alpha value is -3.45. The number of benzene rings is 2. The molecule has 1 aliphatic rings. The fourth-order valence-electron chi connectivity index (χ4n) is 3.60. The number of rotatable bonds is 6. The summed E-state index contributed by atoms with van der Waals surface area (Å²) in [4.78, 5) is 22.5. The molecule has 156 valence electrons. The van der Waals surface area contributed by atoms with E-state index < -0.39 is 0 Å². The zero-order valence-electron chi connectivity index (χ0n) is 17.2. The first-order chi connectivity index (χ1) is 15.2. The Balaban J connectivity index is 1.43. The summed E-state index contributed by atoms with van der Waals surface area (Å²) in [6.45, 7) is 0. The number of anilines is 1. The van der Waals surface area contributed by atoms with Crippen LogP contribution in [-0.4, -0.2) is 30.1 Å². The van der Waals surface area contributed by atoms with Gasteiger partial charge in [-0.3, -0.25) is 15.1 Å². The van der Waals surface area contributed by atoms with E-state index in [-0.39, 0.29) is 5.91 Å². The van der Waals surface area contributed by atoms with E-state index in [0.717, 1.165) is 40.7 Å². The smallest absolute Gasteiger partial charge is 0.258 e. The number of carbonyl (C=O) groups is 1. The van der Waals surface area contributed by atoms with Crippen molar-refractivity contribution in [2.75, 3.05) is 19.5 Å². The number of methoxy groups -OCH3 is 2. The maximum atomic E-state index is 13.1. The lowest BCUT2D eigenvalue weighted by Gasteiger charge is -2.09. The van der Waals surface area contributed by atoms with Crippen molar-refractivity contribution in [2.24, 2.45) is 0 Å². The SMILES string of the molecule is COc1ccc(-c2csc(NC(=O)c3cc(C4CC4)nc4ccccc34)n2)cc1OC. The van der Waals surface area contributed by atoms with Gasteiger partial charge in [0.2, 0.25) is 0 Å². The number of fused-ring (bicyclic) bond motifs is 1. The predicted molar refractivity (Wildman–Crippen MR) is 122 cm³/mol. The molecular formula is C24H21N3O3S. The van der Waals surface area contributed by atoms with E-state index >= 15 is 0 Å². The molecule has 1 amide bonds. The molecule has 0 spiro atoms. The number of amides is 1. The van der Waals surface area contributed by atoms with E-state index in [9.17, 15) is 4.79 Å². The zero-order valence-corrected chi connectivity index (χ0v) is 18.0. The van der Waals surface area contributed by atoms with Crippen LogP contribution in [0.15, 0.2) is 53.9 Å². The number of aromatic nitrogens is 2. The summed E-state index contributed by atoms with van der Waals surface area (Å²) in [5.41, 5.74) is 4.13. The van der Waals surface area contributed by atoms with Crippen molar-refractivity contribution >= 4 is 33.3 Å². The topological polar surface area (TPSA) is 73.3 Å². The van der Waals surface area contributed by atoms with Crippen LogP contribution in [0.3, 0.4) is 0 Å². The van der Waals surface area contributed by atoms with Crippen molar-refractivity contribution in [1.82, 2.24) is 9.97 Å². The average Bonchev–Trinajstić information content (AvgIpc) is 3.56. The van der Waals surface area contributed by atoms with E-state index in [1.807, 2.05) is 53.9 Å². The molecular weight excluding hydrogens is 410 g/mol. The van der Waals surface area contributed by atoms with Gasteiger partial charge in [0.1, 0.15) is 0 Å². The number of pyridine rings is 1. The molecule has 6 nitrogen and oxygen atoms in total. The quantitative estimate of drug-likeness (QED) is 0.436. The summed E-state index contributed by atoms with van der Waals surface area (Å²) in [5, 5.41) is 6.27. The Morgan fingerprint density at radius 3 is 2.61 bits per heavy atom. The molecule has 31 heavy (non-hydrogen) atoms. The molecule has 0 unspecified atom stereocenters. The van der Waals surface area contributed by atoms with Crippen LogP contribution < -0.4 is 14.8 Å². The molecule has 4 aromatic rings. The summed E-state index contributed by atoms with van der Waals surface area (Å²) in [7, 11) is 3.20. The number of nitrogens with one attached hydrogen (secondary N) is 1. The van der Waals surface area contributed by atoms with E-state index in [1.54, 1.807) is 14.2 Å². The van der Waals surface area contributed by atoms with Gasteiger partial charge in [0.15, 0.2) is 16.6 Å². The van der Waals surface area contributed by atoms with Crippen LogP contribution >= 0.6 is 11.3 Å². The first-order valence-corrected chi connectivity index (χ1v) is 10.9. The van der Waals surface area contributed by atoms with Gasteiger partial charge in [0, 0.05) is 27.9 Å². The lowest BCUT2D eigenvalue weighted by Crippen LogP contribution is -2.13. The zero-order chi connectivity index (χ0) is 21.4. The molecule has 1 aliphatic carbocycles. The number of hydrogen-bond donors (Lipinski definition) is 1. The molecule has 1 fully saturated rings. The molecule has 2 heterocycles. The van der Waals surface area contributed by atoms with Crippen molar-refractivity contribution in [3.63, 3.8) is 0 Å². The monoisotopic (exact) mass is 431 g/mol. The van der Waals surface area contributed by atoms with Crippen LogP contribution in [0.2, 0.25) is 0 Å². The summed E-state index contributed by atoms with van der Waals surface area (Å²) in [6.07, 6.45) is 2.27. The summed E-state index contributed by atoms with van der Waals surface area (Å²) >= 11 is 1.39. The largest absolute Gasteiger partial charge is 0.493 e. The van der Waals surface area contributed by atoms with Crippen molar-refractivity contribution in [2.45, 2.75) is 18.8 Å². The van der Waals surface area contributed by atoms with Gasteiger partial charge in [-0.1, -0.05) is 18.2 Å². The number of ether oxygens (including phenoxy) is 2. The highest BCUT2D eigenvalue weighted by Crippen LogP contribution is 2.40. The minimum Gasteiger partial charge on any atom is -0.493 e. The second kappa shape index (κ2) is 8.00. The standard InChI is InChI=1S/C24H21N3O3S/c1-29-21-10-9-15(11-22(21)30-2)20-13-31-24(26-20)27-23(28)17-12-19(14-7-8-14)25-18-6-4-3-5-16(17)18/h3-6,9-14H,7-8H2,1-2H3,(H,26,27,28). The van der Waals surface area contributed by atoms with Gasteiger partial charge in [-0.2, -0.15) is 0 Å². The molecule has 2 aromatic heterocycles. The van der Waals surface area contributed by atoms with Gasteiger partial charge in [0.05, 0.1) is 31.0 Å². The fourth-order valence-corrected chi connectivity index (χ4v) is 4.31. The first kappa shape index (κ1) is 19.5. The molecule has 0 radical (unpaired) electrons. The molecule has 2 aromatic carbocycles. The van der Waals surface area contributed by atoms with Crippen molar-refractivity contribution in [1.29, 1.82) is 0 Å². The van der Waals surface area contributed by atoms with Crippen molar-refractivity contribution in [3.8, 4) is 22.8 Å². The van der Waals surface area contributed by atoms with Gasteiger partial charge < -0.3 is 9.47 Å². The van der Waals surface area contributed by atoms with Crippen molar-refractivity contribution in [3.05, 3.63) is 65.2 Å². The van der Waals surface area contributed by atoms with Crippen LogP contribution in [0.25, 0.3) is 22.2 Å². The van der Waals surface area contributed by atoms with Crippen LogP contribution in [0.5, 0.6) is 11.5 Å². The van der Waals surface area contributed by atoms with Crippen LogP contribution in [0, 0.1) is 0 Å². The normalized spacial score (nSPS) is 13.2. The van der Waals surface area contributed by atoms with Gasteiger partial charge in [-0.15, -0.1) is 11.3 Å². The molecule has 0 bridgehead atoms. The average molecular weight is 432 g/mol. The Morgan fingerprint density at radius 1 is 1.03 bits per heavy atom. The second-order valence-corrected chi connectivity index (χ2v) is 8.31. The number of carbonyl (C=O) groups excluding carboxylic acids is 1. The number of thiazole rings is 1. The molecule has 7 heteroatoms. The molecule has 0 atom stereocenters. The van der Waals surface area contributed by atoms with E-state index in [1.165, 1.54) is 11.3 Å². The second-order valence-electron chi connectivity index (χ2n) is 7.45. The van der Waals surface area contributed by atoms with Gasteiger partial charge in [-0.05, 0) is 43.2 Å². The number of hydrogen-bond acceptors (Lipinski definition) is 6. The summed E-state index contributed by atoms with van der Waals surface area (Å²) < 4.78 is 10.7. The summed E-state index contributed by atoms with van der Waals surface area (Å²) in [6, 6.07) is 15.3. The van der Waals surface area contributed by atoms with Gasteiger partial charge in [0.25, 0.3) is 5.91 Å². The Bertz CT molecular complexity index is 1280. The maximum absolute atomic E-state index is 13.1. The van der Waals surface area contributed by atoms with Crippen molar-refractivity contribution < 1.29 is 14.3 Å². The third kappa shape index (κ3) is 3.84. The maximum Gasteiger partial charge on any atom is 0.258 e. The van der Waals surface area contributed by atoms with E-state index in [2.05, 4.69) is 10.3 Å². The molecule has 1 saturated carbocycles. The van der Waals surface area contributed by atoms with Crippen LogP contribution in [-0.2, 0) is 0 Å². The fraction of sp³-hybridized carbons (Fsp3) is 0.208. The van der Waals surface area contributed by atoms with E-state index in [4.69, 9.17) is 14.5 Å². The molecule has 1 N–H and O–H groups in total. The van der Waals surface area contributed by atoms with Crippen LogP contribution in [0.1, 0.15) is 34.8 Å². The first-order valence-electron chi connectivity index (χ1n) is 10.0. The molecule has 0 saturated heterocycles. The minimum absolute atomic E-state index is 0.172. The van der Waals surface area contributed by atoms with Crippen LogP contribution in [0.4, 0.5) is 5.13 Å². The highest BCUT2D eigenvalue weighted by molar-refractivity contribution is 7.14. The predicted octanol–water partition coefficient (Wildman–Crippen LogP) is 5.51. The van der Waals surface area contributed by atoms with Gasteiger partial charge in [-0.25, -0.2) is 4.98 Å². The lowest BCUT2D eigenvalue weighted by atomic mass is 10.1. The van der Waals surface area contributed by atoms with E-state index in [0.29, 0.717) is 28.1 Å². The third-order valence-corrected chi connectivity index (χ3v) is 6.14. The third-order valence-electron chi connectivity index (χ3n) is 5.38.